The first-order valence-corrected chi connectivity index (χ1v) is 12.7. The fourth-order valence-corrected chi connectivity index (χ4v) is 3.17. The smallest absolute Gasteiger partial charge is 0.422 e. The van der Waals surface area contributed by atoms with E-state index in [4.69, 9.17) is 9.47 Å². The molecule has 0 heterocycles. The van der Waals surface area contributed by atoms with Crippen LogP contribution in [0.25, 0.3) is 0 Å². The SMILES string of the molecule is CC(C)CN(CC(=O)OCc1ccccc1)NC(=O)CN(C)NC(=O)CN(NC(=O)OC(C)(C)C)C(C)C. The van der Waals surface area contributed by atoms with Crippen LogP contribution in [-0.2, 0) is 30.5 Å². The minimum Gasteiger partial charge on any atom is -0.460 e. The van der Waals surface area contributed by atoms with E-state index in [1.165, 1.54) is 15.0 Å². The number of amides is 3. The van der Waals surface area contributed by atoms with Crippen molar-refractivity contribution in [2.45, 2.75) is 66.7 Å². The van der Waals surface area contributed by atoms with Gasteiger partial charge in [-0.1, -0.05) is 44.2 Å². The predicted octanol–water partition coefficient (Wildman–Crippen LogP) is 1.83. The second-order valence-corrected chi connectivity index (χ2v) is 10.7. The zero-order valence-electron chi connectivity index (χ0n) is 23.9. The van der Waals surface area contributed by atoms with Crippen LogP contribution in [0, 0.1) is 5.92 Å². The van der Waals surface area contributed by atoms with Crippen LogP contribution >= 0.6 is 0 Å². The molecule has 1 aromatic carbocycles. The lowest BCUT2D eigenvalue weighted by Crippen LogP contribution is -2.55. The number of hydrazine groups is 3. The molecule has 0 spiro atoms. The molecule has 0 aliphatic carbocycles. The molecule has 12 heteroatoms. The number of hydrogen-bond donors (Lipinski definition) is 3. The van der Waals surface area contributed by atoms with Crippen LogP contribution in [0.3, 0.4) is 0 Å². The van der Waals surface area contributed by atoms with Crippen molar-refractivity contribution in [3.8, 4) is 0 Å². The number of rotatable bonds is 14. The molecule has 0 bridgehead atoms. The average molecular weight is 537 g/mol. The molecule has 38 heavy (non-hydrogen) atoms. The van der Waals surface area contributed by atoms with E-state index in [2.05, 4.69) is 16.3 Å². The Labute approximate surface area is 225 Å². The Balaban J connectivity index is 2.56. The molecule has 0 aromatic heterocycles. The standard InChI is InChI=1S/C26H44N6O6/c1-19(2)14-31(17-24(35)37-18-21-12-10-9-11-13-21)28-22(33)15-30(8)27-23(34)16-32(20(3)4)29-25(36)38-26(5,6)7/h9-13,19-20H,14-18H2,1-8H3,(H,27,34)(H,28,33)(H,29,36). The number of ether oxygens (including phenoxy) is 2. The Morgan fingerprint density at radius 2 is 1.47 bits per heavy atom. The van der Waals surface area contributed by atoms with Gasteiger partial charge in [0.25, 0.3) is 0 Å². The highest BCUT2D eigenvalue weighted by atomic mass is 16.6. The summed E-state index contributed by atoms with van der Waals surface area (Å²) >= 11 is 0. The highest BCUT2D eigenvalue weighted by Gasteiger charge is 2.22. The first-order valence-electron chi connectivity index (χ1n) is 12.7. The quantitative estimate of drug-likeness (QED) is 0.241. The first kappa shape index (κ1) is 32.8. The maximum Gasteiger partial charge on any atom is 0.422 e. The third-order valence-corrected chi connectivity index (χ3v) is 4.70. The van der Waals surface area contributed by atoms with Gasteiger partial charge in [-0.25, -0.2) is 19.8 Å². The van der Waals surface area contributed by atoms with Crippen LogP contribution in [0.4, 0.5) is 4.79 Å². The zero-order chi connectivity index (χ0) is 28.9. The summed E-state index contributed by atoms with van der Waals surface area (Å²) in [5.74, 6) is -1.15. The molecule has 1 rings (SSSR count). The van der Waals surface area contributed by atoms with Gasteiger partial charge in [0, 0.05) is 19.6 Å². The molecule has 3 amide bonds. The molecule has 1 aromatic rings. The summed E-state index contributed by atoms with van der Waals surface area (Å²) in [4.78, 5) is 49.6. The van der Waals surface area contributed by atoms with Gasteiger partial charge in [-0.05, 0) is 46.1 Å². The van der Waals surface area contributed by atoms with Gasteiger partial charge in [0.2, 0.25) is 11.8 Å². The van der Waals surface area contributed by atoms with E-state index in [-0.39, 0.29) is 38.2 Å². The largest absolute Gasteiger partial charge is 0.460 e. The average Bonchev–Trinajstić information content (AvgIpc) is 2.75. The zero-order valence-corrected chi connectivity index (χ0v) is 23.9. The van der Waals surface area contributed by atoms with E-state index < -0.39 is 29.5 Å². The predicted molar refractivity (Wildman–Crippen MR) is 143 cm³/mol. The van der Waals surface area contributed by atoms with Gasteiger partial charge in [0.1, 0.15) is 18.8 Å². The van der Waals surface area contributed by atoms with Crippen LogP contribution in [0.5, 0.6) is 0 Å². The van der Waals surface area contributed by atoms with Crippen molar-refractivity contribution in [3.63, 3.8) is 0 Å². The molecule has 0 radical (unpaired) electrons. The van der Waals surface area contributed by atoms with Crippen LogP contribution in [0.2, 0.25) is 0 Å². The van der Waals surface area contributed by atoms with Gasteiger partial charge in [0.15, 0.2) is 0 Å². The minimum absolute atomic E-state index is 0.119. The summed E-state index contributed by atoms with van der Waals surface area (Å²) in [5, 5.41) is 4.26. The highest BCUT2D eigenvalue weighted by molar-refractivity contribution is 5.80. The van der Waals surface area contributed by atoms with Gasteiger partial charge in [-0.15, -0.1) is 0 Å². The monoisotopic (exact) mass is 536 g/mol. The molecule has 214 valence electrons. The van der Waals surface area contributed by atoms with Crippen LogP contribution < -0.4 is 16.3 Å². The summed E-state index contributed by atoms with van der Waals surface area (Å²) in [7, 11) is 1.54. The van der Waals surface area contributed by atoms with Gasteiger partial charge in [-0.3, -0.25) is 30.7 Å². The highest BCUT2D eigenvalue weighted by Crippen LogP contribution is 2.07. The van der Waals surface area contributed by atoms with Crippen molar-refractivity contribution in [1.82, 2.24) is 31.3 Å². The second-order valence-electron chi connectivity index (χ2n) is 10.7. The summed E-state index contributed by atoms with van der Waals surface area (Å²) < 4.78 is 10.6. The summed E-state index contributed by atoms with van der Waals surface area (Å²) in [5.41, 5.74) is 8.06. The lowest BCUT2D eigenvalue weighted by Gasteiger charge is -2.29. The van der Waals surface area contributed by atoms with Crippen LogP contribution in [0.1, 0.15) is 54.0 Å². The van der Waals surface area contributed by atoms with Gasteiger partial charge >= 0.3 is 12.1 Å². The second kappa shape index (κ2) is 15.9. The number of benzene rings is 1. The van der Waals surface area contributed by atoms with Crippen molar-refractivity contribution >= 4 is 23.9 Å². The number of esters is 1. The normalized spacial score (nSPS) is 11.7. The van der Waals surface area contributed by atoms with Gasteiger partial charge < -0.3 is 9.47 Å². The Kier molecular flexibility index (Phi) is 13.7. The van der Waals surface area contributed by atoms with Crippen molar-refractivity contribution in [2.24, 2.45) is 5.92 Å². The van der Waals surface area contributed by atoms with Crippen molar-refractivity contribution in [1.29, 1.82) is 0 Å². The number of carbonyl (C=O) groups is 4. The lowest BCUT2D eigenvalue weighted by atomic mass is 10.2. The molecule has 0 aliphatic heterocycles. The maximum absolute atomic E-state index is 12.6. The van der Waals surface area contributed by atoms with E-state index in [0.717, 1.165) is 5.56 Å². The van der Waals surface area contributed by atoms with Crippen molar-refractivity contribution in [3.05, 3.63) is 35.9 Å². The molecule has 0 fully saturated rings. The number of nitrogens with one attached hydrogen (secondary N) is 3. The summed E-state index contributed by atoms with van der Waals surface area (Å²) in [6.07, 6.45) is -0.667. The third kappa shape index (κ3) is 15.1. The Morgan fingerprint density at radius 3 is 2.03 bits per heavy atom. The molecule has 0 saturated heterocycles. The van der Waals surface area contributed by atoms with E-state index >= 15 is 0 Å². The molecular formula is C26H44N6O6. The number of hydrogen-bond acceptors (Lipinski definition) is 9. The van der Waals surface area contributed by atoms with Gasteiger partial charge in [0.05, 0.1) is 13.1 Å². The fraction of sp³-hybridized carbons (Fsp3) is 0.615. The maximum atomic E-state index is 12.6. The molecule has 3 N–H and O–H groups in total. The number of carbonyl (C=O) groups excluding carboxylic acids is 4. The first-order chi connectivity index (χ1) is 17.6. The topological polar surface area (TPSA) is 133 Å². The molecule has 12 nitrogen and oxygen atoms in total. The van der Waals surface area contributed by atoms with E-state index in [1.54, 1.807) is 27.8 Å². The van der Waals surface area contributed by atoms with E-state index in [0.29, 0.717) is 6.54 Å². The van der Waals surface area contributed by atoms with Crippen LogP contribution in [0.15, 0.2) is 30.3 Å². The van der Waals surface area contributed by atoms with Gasteiger partial charge in [-0.2, -0.15) is 0 Å². The molecular weight excluding hydrogens is 492 g/mol. The Hall–Kier alpha value is -3.22. The molecule has 0 unspecified atom stereocenters. The number of nitrogens with zero attached hydrogens (tertiary/aromatic N) is 3. The van der Waals surface area contributed by atoms with Crippen LogP contribution in [-0.4, -0.2) is 83.8 Å². The molecule has 0 saturated carbocycles. The number of likely N-dealkylation sites (N-methyl/N-ethyl adjacent to an activating group) is 1. The molecule has 0 aliphatic rings. The minimum atomic E-state index is -0.676. The van der Waals surface area contributed by atoms with Crippen molar-refractivity contribution in [2.75, 3.05) is 33.2 Å². The Bertz CT molecular complexity index is 903. The lowest BCUT2D eigenvalue weighted by molar-refractivity contribution is -0.148. The Morgan fingerprint density at radius 1 is 0.868 bits per heavy atom. The summed E-state index contributed by atoms with van der Waals surface area (Å²) in [6.45, 7) is 12.9. The fourth-order valence-electron chi connectivity index (χ4n) is 3.17. The van der Waals surface area contributed by atoms with E-state index in [1.807, 2.05) is 58.0 Å². The molecule has 0 atom stereocenters. The third-order valence-electron chi connectivity index (χ3n) is 4.70. The summed E-state index contributed by atoms with van der Waals surface area (Å²) in [6, 6.07) is 9.14. The van der Waals surface area contributed by atoms with E-state index in [9.17, 15) is 19.2 Å². The van der Waals surface area contributed by atoms with Crippen molar-refractivity contribution < 1.29 is 28.7 Å².